The summed E-state index contributed by atoms with van der Waals surface area (Å²) in [6.45, 7) is 0. The highest BCUT2D eigenvalue weighted by atomic mass is 14.7. The van der Waals surface area contributed by atoms with Crippen LogP contribution in [0.25, 0.3) is 10.9 Å². The van der Waals surface area contributed by atoms with Crippen LogP contribution in [0, 0.1) is 11.3 Å². The number of nitriles is 1. The topological polar surface area (TPSA) is 39.6 Å². The number of hydrogen-bond acceptors (Lipinski definition) is 1. The van der Waals surface area contributed by atoms with Crippen LogP contribution in [-0.4, -0.2) is 4.98 Å². The van der Waals surface area contributed by atoms with Gasteiger partial charge in [-0.3, -0.25) is 0 Å². The maximum atomic E-state index is 8.80. The maximum Gasteiger partial charge on any atom is 0.0756 e. The molecule has 3 rings (SSSR count). The number of hydrogen-bond donors (Lipinski definition) is 1. The van der Waals surface area contributed by atoms with Gasteiger partial charge in [-0.1, -0.05) is 0 Å². The molecule has 62 valence electrons. The lowest BCUT2D eigenvalue weighted by atomic mass is 9.78. The molecule has 0 bridgehead atoms. The Balaban J connectivity index is 2.29. The number of fused-ring (bicyclic) bond motifs is 2. The van der Waals surface area contributed by atoms with Crippen molar-refractivity contribution >= 4 is 10.9 Å². The molecule has 0 aliphatic heterocycles. The molecule has 0 fully saturated rings. The summed E-state index contributed by atoms with van der Waals surface area (Å²) in [7, 11) is 0. The van der Waals surface area contributed by atoms with Crippen molar-refractivity contribution in [2.24, 2.45) is 0 Å². The van der Waals surface area contributed by atoms with Crippen molar-refractivity contribution in [3.8, 4) is 6.07 Å². The Morgan fingerprint density at radius 3 is 3.23 bits per heavy atom. The zero-order valence-corrected chi connectivity index (χ0v) is 7.04. The first-order valence-corrected chi connectivity index (χ1v) is 4.38. The van der Waals surface area contributed by atoms with Crippen LogP contribution in [-0.2, 0) is 6.42 Å². The molecule has 13 heavy (non-hydrogen) atoms. The molecule has 1 unspecified atom stereocenters. The average Bonchev–Trinajstić information content (AvgIpc) is 2.55. The third-order valence-electron chi connectivity index (χ3n) is 2.77. The lowest BCUT2D eigenvalue weighted by Crippen LogP contribution is -2.14. The number of nitrogens with zero attached hydrogens (tertiary/aromatic N) is 1. The molecule has 1 aromatic carbocycles. The van der Waals surface area contributed by atoms with Gasteiger partial charge in [0, 0.05) is 11.7 Å². The van der Waals surface area contributed by atoms with E-state index in [1.54, 1.807) is 0 Å². The van der Waals surface area contributed by atoms with Crippen LogP contribution < -0.4 is 0 Å². The lowest BCUT2D eigenvalue weighted by molar-refractivity contribution is 0.748. The summed E-state index contributed by atoms with van der Waals surface area (Å²) in [5.74, 6) is 0.127. The Kier molecular flexibility index (Phi) is 1.11. The molecule has 0 spiro atoms. The standard InChI is InChI=1S/C11H8N2/c12-6-9-4-8-3-7-1-2-13-11(7)5-10(8)9/h1-3,5,9,13H,4H2. The fraction of sp³-hybridized carbons (Fsp3) is 0.182. The highest BCUT2D eigenvalue weighted by molar-refractivity contribution is 5.82. The van der Waals surface area contributed by atoms with Gasteiger partial charge in [-0.2, -0.15) is 5.26 Å². The summed E-state index contributed by atoms with van der Waals surface area (Å²) >= 11 is 0. The van der Waals surface area contributed by atoms with Crippen LogP contribution in [0.4, 0.5) is 0 Å². The van der Waals surface area contributed by atoms with Crippen LogP contribution >= 0.6 is 0 Å². The van der Waals surface area contributed by atoms with E-state index in [0.29, 0.717) is 0 Å². The Morgan fingerprint density at radius 2 is 2.38 bits per heavy atom. The van der Waals surface area contributed by atoms with Crippen molar-refractivity contribution in [1.29, 1.82) is 5.26 Å². The number of aromatic amines is 1. The zero-order valence-electron chi connectivity index (χ0n) is 7.04. The smallest absolute Gasteiger partial charge is 0.0756 e. The minimum absolute atomic E-state index is 0.127. The van der Waals surface area contributed by atoms with E-state index in [9.17, 15) is 0 Å². The van der Waals surface area contributed by atoms with E-state index in [-0.39, 0.29) is 5.92 Å². The Hall–Kier alpha value is -1.75. The molecular weight excluding hydrogens is 160 g/mol. The summed E-state index contributed by atoms with van der Waals surface area (Å²) < 4.78 is 0. The van der Waals surface area contributed by atoms with Crippen LogP contribution in [0.1, 0.15) is 17.0 Å². The monoisotopic (exact) mass is 168 g/mol. The van der Waals surface area contributed by atoms with Gasteiger partial charge < -0.3 is 4.98 Å². The van der Waals surface area contributed by atoms with Gasteiger partial charge in [0.25, 0.3) is 0 Å². The maximum absolute atomic E-state index is 8.80. The van der Waals surface area contributed by atoms with Gasteiger partial charge in [-0.25, -0.2) is 0 Å². The number of rotatable bonds is 0. The summed E-state index contributed by atoms with van der Waals surface area (Å²) in [4.78, 5) is 3.16. The molecule has 2 heteroatoms. The van der Waals surface area contributed by atoms with Gasteiger partial charge in [-0.15, -0.1) is 0 Å². The number of H-pyrrole nitrogens is 1. The summed E-state index contributed by atoms with van der Waals surface area (Å²) in [5, 5.41) is 10.0. The molecule has 1 aliphatic rings. The predicted octanol–water partition coefficient (Wildman–Crippen LogP) is 2.33. The third-order valence-corrected chi connectivity index (χ3v) is 2.77. The molecule has 1 atom stereocenters. The van der Waals surface area contributed by atoms with Crippen molar-refractivity contribution in [3.63, 3.8) is 0 Å². The molecular formula is C11H8N2. The second-order valence-corrected chi connectivity index (χ2v) is 3.50. The number of aromatic nitrogens is 1. The van der Waals surface area contributed by atoms with Crippen molar-refractivity contribution in [2.75, 3.05) is 0 Å². The normalized spacial score (nSPS) is 19.2. The van der Waals surface area contributed by atoms with Crippen molar-refractivity contribution in [1.82, 2.24) is 4.98 Å². The van der Waals surface area contributed by atoms with Crippen molar-refractivity contribution in [3.05, 3.63) is 35.5 Å². The minimum Gasteiger partial charge on any atom is -0.361 e. The first-order valence-electron chi connectivity index (χ1n) is 4.38. The van der Waals surface area contributed by atoms with E-state index in [0.717, 1.165) is 11.9 Å². The van der Waals surface area contributed by atoms with E-state index >= 15 is 0 Å². The Labute approximate surface area is 75.8 Å². The summed E-state index contributed by atoms with van der Waals surface area (Å²) in [5.41, 5.74) is 3.68. The van der Waals surface area contributed by atoms with Crippen LogP contribution in [0.5, 0.6) is 0 Å². The summed E-state index contributed by atoms with van der Waals surface area (Å²) in [6.07, 6.45) is 2.86. The molecule has 0 amide bonds. The SMILES string of the molecule is N#CC1Cc2cc3cc[nH]c3cc21. The summed E-state index contributed by atoms with van der Waals surface area (Å²) in [6, 6.07) is 8.64. The van der Waals surface area contributed by atoms with E-state index in [4.69, 9.17) is 5.26 Å². The molecule has 1 heterocycles. The van der Waals surface area contributed by atoms with E-state index in [2.05, 4.69) is 29.3 Å². The molecule has 1 aliphatic carbocycles. The van der Waals surface area contributed by atoms with Crippen LogP contribution in [0.3, 0.4) is 0 Å². The zero-order chi connectivity index (χ0) is 8.84. The number of nitrogens with one attached hydrogen (secondary N) is 1. The highest BCUT2D eigenvalue weighted by Crippen LogP contribution is 2.36. The number of benzene rings is 1. The fourth-order valence-electron chi connectivity index (χ4n) is 1.98. The van der Waals surface area contributed by atoms with Crippen LogP contribution in [0.15, 0.2) is 24.4 Å². The van der Waals surface area contributed by atoms with Gasteiger partial charge in [0.2, 0.25) is 0 Å². The lowest BCUT2D eigenvalue weighted by Gasteiger charge is -2.24. The van der Waals surface area contributed by atoms with Crippen molar-refractivity contribution in [2.45, 2.75) is 12.3 Å². The highest BCUT2D eigenvalue weighted by Gasteiger charge is 2.26. The fourth-order valence-corrected chi connectivity index (χ4v) is 1.98. The van der Waals surface area contributed by atoms with E-state index in [1.807, 2.05) is 6.20 Å². The molecule has 0 radical (unpaired) electrons. The van der Waals surface area contributed by atoms with Gasteiger partial charge >= 0.3 is 0 Å². The minimum atomic E-state index is 0.127. The molecule has 0 saturated carbocycles. The quantitative estimate of drug-likeness (QED) is 0.644. The second kappa shape index (κ2) is 2.14. The molecule has 2 nitrogen and oxygen atoms in total. The Bertz CT molecular complexity index is 516. The molecule has 1 aromatic heterocycles. The van der Waals surface area contributed by atoms with Gasteiger partial charge in [0.1, 0.15) is 0 Å². The largest absolute Gasteiger partial charge is 0.361 e. The van der Waals surface area contributed by atoms with Gasteiger partial charge in [0.05, 0.1) is 12.0 Å². The third kappa shape index (κ3) is 0.762. The first kappa shape index (κ1) is 6.73. The molecule has 1 N–H and O–H groups in total. The predicted molar refractivity (Wildman–Crippen MR) is 50.4 cm³/mol. The average molecular weight is 168 g/mol. The second-order valence-electron chi connectivity index (χ2n) is 3.50. The van der Waals surface area contributed by atoms with Crippen molar-refractivity contribution < 1.29 is 0 Å². The first-order chi connectivity index (χ1) is 6.38. The van der Waals surface area contributed by atoms with E-state index < -0.39 is 0 Å². The Morgan fingerprint density at radius 1 is 1.46 bits per heavy atom. The molecule has 2 aromatic rings. The van der Waals surface area contributed by atoms with E-state index in [1.165, 1.54) is 16.5 Å². The van der Waals surface area contributed by atoms with Gasteiger partial charge in [-0.05, 0) is 41.1 Å². The van der Waals surface area contributed by atoms with Gasteiger partial charge in [0.15, 0.2) is 0 Å². The molecule has 0 saturated heterocycles. The van der Waals surface area contributed by atoms with Crippen LogP contribution in [0.2, 0.25) is 0 Å².